The largest absolute Gasteiger partial charge is 0.377 e. The van der Waals surface area contributed by atoms with Gasteiger partial charge in [-0.15, -0.1) is 0 Å². The minimum Gasteiger partial charge on any atom is -0.377 e. The molecule has 4 heteroatoms. The molecule has 1 aliphatic carbocycles. The first-order chi connectivity index (χ1) is 9.67. The fraction of sp³-hybridized carbons (Fsp3) is 0.188. The van der Waals surface area contributed by atoms with Gasteiger partial charge in [-0.3, -0.25) is 0 Å². The molecule has 100 valence electrons. The Balaban J connectivity index is 1.86. The molecule has 0 spiro atoms. The van der Waals surface area contributed by atoms with Crippen molar-refractivity contribution in [2.75, 3.05) is 5.32 Å². The van der Waals surface area contributed by atoms with Gasteiger partial charge in [0.15, 0.2) is 0 Å². The number of aryl methyl sites for hydroxylation is 1. The zero-order valence-corrected chi connectivity index (χ0v) is 12.2. The van der Waals surface area contributed by atoms with E-state index in [9.17, 15) is 4.39 Å². The van der Waals surface area contributed by atoms with Crippen LogP contribution in [0, 0.1) is 17.1 Å². The van der Waals surface area contributed by atoms with Crippen LogP contribution in [-0.4, -0.2) is 0 Å². The van der Waals surface area contributed by atoms with Gasteiger partial charge in [-0.25, -0.2) is 4.39 Å². The molecule has 0 fully saturated rings. The number of hydrogen-bond acceptors (Lipinski definition) is 2. The van der Waals surface area contributed by atoms with Crippen LogP contribution in [0.3, 0.4) is 0 Å². The Hall–Kier alpha value is -1.86. The maximum absolute atomic E-state index is 13.2. The molecule has 0 heterocycles. The highest BCUT2D eigenvalue weighted by Gasteiger charge is 2.23. The Morgan fingerprint density at radius 2 is 2.10 bits per heavy atom. The number of nitrogens with zero attached hydrogens (tertiary/aromatic N) is 1. The third-order valence-corrected chi connectivity index (χ3v) is 4.27. The monoisotopic (exact) mass is 330 g/mol. The van der Waals surface area contributed by atoms with Gasteiger partial charge in [-0.1, -0.05) is 6.07 Å². The molecule has 1 atom stereocenters. The second-order valence-corrected chi connectivity index (χ2v) is 5.74. The van der Waals surface area contributed by atoms with Gasteiger partial charge in [0.05, 0.1) is 17.7 Å². The van der Waals surface area contributed by atoms with Crippen molar-refractivity contribution >= 4 is 21.6 Å². The van der Waals surface area contributed by atoms with Crippen molar-refractivity contribution < 1.29 is 4.39 Å². The molecule has 3 rings (SSSR count). The molecule has 0 saturated carbocycles. The number of halogens is 2. The van der Waals surface area contributed by atoms with E-state index < -0.39 is 0 Å². The molecule has 0 radical (unpaired) electrons. The van der Waals surface area contributed by atoms with Crippen LogP contribution in [0.5, 0.6) is 0 Å². The second-order valence-electron chi connectivity index (χ2n) is 4.89. The molecular formula is C16H12BrFN2. The summed E-state index contributed by atoms with van der Waals surface area (Å²) in [5.41, 5.74) is 3.80. The number of rotatable bonds is 2. The Bertz CT molecular complexity index is 706. The summed E-state index contributed by atoms with van der Waals surface area (Å²) in [6.45, 7) is 0. The summed E-state index contributed by atoms with van der Waals surface area (Å²) >= 11 is 3.47. The number of fused-ring (bicyclic) bond motifs is 1. The van der Waals surface area contributed by atoms with E-state index in [1.807, 2.05) is 12.1 Å². The fourth-order valence-corrected chi connectivity index (χ4v) is 3.12. The molecule has 20 heavy (non-hydrogen) atoms. The fourth-order valence-electron chi connectivity index (χ4n) is 2.63. The number of nitrogens with one attached hydrogen (secondary N) is 1. The lowest BCUT2D eigenvalue weighted by Gasteiger charge is -2.17. The summed E-state index contributed by atoms with van der Waals surface area (Å²) < 4.78 is 14.1. The van der Waals surface area contributed by atoms with Gasteiger partial charge >= 0.3 is 0 Å². The van der Waals surface area contributed by atoms with E-state index in [1.165, 1.54) is 6.07 Å². The van der Waals surface area contributed by atoms with Crippen LogP contribution >= 0.6 is 15.9 Å². The lowest BCUT2D eigenvalue weighted by Crippen LogP contribution is -2.07. The first kappa shape index (κ1) is 13.1. The Kier molecular flexibility index (Phi) is 3.45. The molecule has 0 bridgehead atoms. The molecule has 1 aliphatic rings. The van der Waals surface area contributed by atoms with E-state index >= 15 is 0 Å². The summed E-state index contributed by atoms with van der Waals surface area (Å²) in [6, 6.07) is 12.8. The third-order valence-electron chi connectivity index (χ3n) is 3.61. The molecule has 0 saturated heterocycles. The van der Waals surface area contributed by atoms with Crippen molar-refractivity contribution in [1.29, 1.82) is 5.26 Å². The van der Waals surface area contributed by atoms with Gasteiger partial charge in [0, 0.05) is 10.2 Å². The minimum atomic E-state index is -0.177. The molecule has 2 nitrogen and oxygen atoms in total. The molecule has 2 aromatic carbocycles. The minimum absolute atomic E-state index is 0.177. The van der Waals surface area contributed by atoms with Gasteiger partial charge in [0.2, 0.25) is 0 Å². The molecular weight excluding hydrogens is 319 g/mol. The van der Waals surface area contributed by atoms with Gasteiger partial charge in [0.25, 0.3) is 0 Å². The SMILES string of the molecule is N#Cc1ccc(NC2CCc3cc(F)ccc32)c(Br)c1. The van der Waals surface area contributed by atoms with Crippen molar-refractivity contribution in [2.45, 2.75) is 18.9 Å². The average molecular weight is 331 g/mol. The zero-order valence-electron chi connectivity index (χ0n) is 10.7. The van der Waals surface area contributed by atoms with E-state index in [4.69, 9.17) is 5.26 Å². The molecule has 2 aromatic rings. The normalized spacial score (nSPS) is 16.6. The molecule has 1 unspecified atom stereocenters. The van der Waals surface area contributed by atoms with E-state index in [0.717, 1.165) is 34.1 Å². The standard InChI is InChI=1S/C16H12BrFN2/c17-14-7-10(9-19)1-5-16(14)20-15-6-2-11-8-12(18)3-4-13(11)15/h1,3-5,7-8,15,20H,2,6H2. The van der Waals surface area contributed by atoms with E-state index in [1.54, 1.807) is 18.2 Å². The molecule has 1 N–H and O–H groups in total. The Labute approximate surface area is 125 Å². The first-order valence-electron chi connectivity index (χ1n) is 6.42. The topological polar surface area (TPSA) is 35.8 Å². The van der Waals surface area contributed by atoms with Crippen molar-refractivity contribution in [2.24, 2.45) is 0 Å². The maximum atomic E-state index is 13.2. The highest BCUT2D eigenvalue weighted by Crippen LogP contribution is 2.36. The zero-order chi connectivity index (χ0) is 14.1. The van der Waals surface area contributed by atoms with Gasteiger partial charge < -0.3 is 5.32 Å². The van der Waals surface area contributed by atoms with Crippen LogP contribution in [0.15, 0.2) is 40.9 Å². The van der Waals surface area contributed by atoms with Crippen LogP contribution in [-0.2, 0) is 6.42 Å². The number of benzene rings is 2. The van der Waals surface area contributed by atoms with Gasteiger partial charge in [-0.2, -0.15) is 5.26 Å². The lowest BCUT2D eigenvalue weighted by atomic mass is 10.1. The molecule has 0 aromatic heterocycles. The van der Waals surface area contributed by atoms with Crippen LogP contribution in [0.1, 0.15) is 29.2 Å². The summed E-state index contributed by atoms with van der Waals surface area (Å²) in [5.74, 6) is -0.177. The van der Waals surface area contributed by atoms with E-state index in [2.05, 4.69) is 27.3 Å². The van der Waals surface area contributed by atoms with Crippen molar-refractivity contribution in [3.63, 3.8) is 0 Å². The molecule has 0 aliphatic heterocycles. The molecule has 0 amide bonds. The van der Waals surface area contributed by atoms with Crippen molar-refractivity contribution in [3.05, 3.63) is 63.4 Å². The summed E-state index contributed by atoms with van der Waals surface area (Å²) in [5, 5.41) is 12.3. The van der Waals surface area contributed by atoms with Crippen molar-refractivity contribution in [1.82, 2.24) is 0 Å². The maximum Gasteiger partial charge on any atom is 0.123 e. The number of hydrogen-bond donors (Lipinski definition) is 1. The highest BCUT2D eigenvalue weighted by atomic mass is 79.9. The van der Waals surface area contributed by atoms with Crippen LogP contribution in [0.25, 0.3) is 0 Å². The third kappa shape index (κ3) is 2.41. The predicted molar refractivity (Wildman–Crippen MR) is 79.9 cm³/mol. The summed E-state index contributed by atoms with van der Waals surface area (Å²) in [6.07, 6.45) is 1.84. The van der Waals surface area contributed by atoms with Crippen LogP contribution in [0.4, 0.5) is 10.1 Å². The van der Waals surface area contributed by atoms with Crippen molar-refractivity contribution in [3.8, 4) is 6.07 Å². The quantitative estimate of drug-likeness (QED) is 0.876. The second kappa shape index (κ2) is 5.26. The summed E-state index contributed by atoms with van der Waals surface area (Å²) in [7, 11) is 0. The van der Waals surface area contributed by atoms with E-state index in [0.29, 0.717) is 5.56 Å². The summed E-state index contributed by atoms with van der Waals surface area (Å²) in [4.78, 5) is 0. The first-order valence-corrected chi connectivity index (χ1v) is 7.21. The lowest BCUT2D eigenvalue weighted by molar-refractivity contribution is 0.626. The van der Waals surface area contributed by atoms with Crippen LogP contribution in [0.2, 0.25) is 0 Å². The highest BCUT2D eigenvalue weighted by molar-refractivity contribution is 9.10. The average Bonchev–Trinajstić information content (AvgIpc) is 2.83. The smallest absolute Gasteiger partial charge is 0.123 e. The van der Waals surface area contributed by atoms with E-state index in [-0.39, 0.29) is 11.9 Å². The van der Waals surface area contributed by atoms with Gasteiger partial charge in [0.1, 0.15) is 5.82 Å². The Morgan fingerprint density at radius 3 is 2.85 bits per heavy atom. The predicted octanol–water partition coefficient (Wildman–Crippen LogP) is 4.56. The number of anilines is 1. The van der Waals surface area contributed by atoms with Crippen LogP contribution < -0.4 is 5.32 Å². The Morgan fingerprint density at radius 1 is 1.25 bits per heavy atom. The van der Waals surface area contributed by atoms with Gasteiger partial charge in [-0.05, 0) is 70.2 Å². The number of nitriles is 1.